The van der Waals surface area contributed by atoms with Gasteiger partial charge in [0, 0.05) is 31.3 Å². The molecule has 0 aliphatic carbocycles. The van der Waals surface area contributed by atoms with Gasteiger partial charge < -0.3 is 14.2 Å². The van der Waals surface area contributed by atoms with Crippen molar-refractivity contribution in [3.63, 3.8) is 0 Å². The topological polar surface area (TPSA) is 48.0 Å². The molecule has 0 aromatic heterocycles. The molecule has 2 unspecified atom stereocenters. The second kappa shape index (κ2) is 8.68. The number of hydrogen-bond donors (Lipinski definition) is 0. The molecular formula is C20H29NO4. The Hall–Kier alpha value is -1.59. The van der Waals surface area contributed by atoms with E-state index >= 15 is 0 Å². The minimum atomic E-state index is -0.289. The summed E-state index contributed by atoms with van der Waals surface area (Å²) < 4.78 is 16.7. The molecule has 0 radical (unpaired) electrons. The number of hydrogen-bond acceptors (Lipinski definition) is 5. The SMILES string of the molecule is CCOC(=O)c1ccc2c(c1)OCCN(CC1CCCOC1)C2CC. The van der Waals surface area contributed by atoms with Crippen LogP contribution in [0.15, 0.2) is 18.2 Å². The first kappa shape index (κ1) is 18.2. The molecule has 1 saturated heterocycles. The van der Waals surface area contributed by atoms with Crippen LogP contribution in [0.4, 0.5) is 0 Å². The maximum absolute atomic E-state index is 12.0. The highest BCUT2D eigenvalue weighted by atomic mass is 16.5. The van der Waals surface area contributed by atoms with Crippen molar-refractivity contribution in [3.05, 3.63) is 29.3 Å². The van der Waals surface area contributed by atoms with Gasteiger partial charge in [0.1, 0.15) is 12.4 Å². The lowest BCUT2D eigenvalue weighted by molar-refractivity contribution is 0.0294. The van der Waals surface area contributed by atoms with E-state index in [1.165, 1.54) is 12.0 Å². The fourth-order valence-corrected chi connectivity index (χ4v) is 3.88. The van der Waals surface area contributed by atoms with Crippen LogP contribution in [-0.4, -0.2) is 50.4 Å². The first-order valence-corrected chi connectivity index (χ1v) is 9.48. The van der Waals surface area contributed by atoms with Crippen LogP contribution in [0.3, 0.4) is 0 Å². The van der Waals surface area contributed by atoms with E-state index < -0.39 is 0 Å². The van der Waals surface area contributed by atoms with Gasteiger partial charge in [-0.1, -0.05) is 13.0 Å². The van der Waals surface area contributed by atoms with E-state index in [1.807, 2.05) is 25.1 Å². The summed E-state index contributed by atoms with van der Waals surface area (Å²) in [4.78, 5) is 14.5. The van der Waals surface area contributed by atoms with Gasteiger partial charge in [0.2, 0.25) is 0 Å². The third-order valence-corrected chi connectivity index (χ3v) is 5.09. The smallest absolute Gasteiger partial charge is 0.338 e. The first-order valence-electron chi connectivity index (χ1n) is 9.48. The molecule has 2 aliphatic rings. The number of carbonyl (C=O) groups is 1. The molecule has 2 aliphatic heterocycles. The normalized spacial score (nSPS) is 24.1. The van der Waals surface area contributed by atoms with Gasteiger partial charge in [-0.25, -0.2) is 4.79 Å². The number of ether oxygens (including phenoxy) is 3. The summed E-state index contributed by atoms with van der Waals surface area (Å²) in [6.45, 7) is 8.76. The number of esters is 1. The van der Waals surface area contributed by atoms with Gasteiger partial charge >= 0.3 is 5.97 Å². The highest BCUT2D eigenvalue weighted by Crippen LogP contribution is 2.36. The lowest BCUT2D eigenvalue weighted by Crippen LogP contribution is -2.37. The predicted octanol–water partition coefficient (Wildman–Crippen LogP) is 3.44. The van der Waals surface area contributed by atoms with Crippen molar-refractivity contribution >= 4 is 5.97 Å². The molecule has 5 heteroatoms. The van der Waals surface area contributed by atoms with E-state index in [0.29, 0.717) is 30.7 Å². The number of nitrogens with zero attached hydrogens (tertiary/aromatic N) is 1. The van der Waals surface area contributed by atoms with Crippen LogP contribution in [0.1, 0.15) is 55.1 Å². The van der Waals surface area contributed by atoms with Crippen molar-refractivity contribution in [1.82, 2.24) is 4.90 Å². The van der Waals surface area contributed by atoms with Crippen LogP contribution in [-0.2, 0) is 9.47 Å². The average Bonchev–Trinajstić information content (AvgIpc) is 2.80. The molecule has 0 bridgehead atoms. The Labute approximate surface area is 150 Å². The van der Waals surface area contributed by atoms with Gasteiger partial charge in [0.25, 0.3) is 0 Å². The number of rotatable bonds is 5. The second-order valence-electron chi connectivity index (χ2n) is 6.82. The Bertz CT molecular complexity index is 583. The van der Waals surface area contributed by atoms with Gasteiger partial charge in [-0.05, 0) is 44.2 Å². The average molecular weight is 347 g/mol. The minimum absolute atomic E-state index is 0.289. The zero-order chi connectivity index (χ0) is 17.6. The molecule has 3 rings (SSSR count). The maximum atomic E-state index is 12.0. The fourth-order valence-electron chi connectivity index (χ4n) is 3.88. The van der Waals surface area contributed by atoms with Gasteiger partial charge in [-0.15, -0.1) is 0 Å². The molecule has 0 saturated carbocycles. The van der Waals surface area contributed by atoms with Crippen LogP contribution in [0.25, 0.3) is 0 Å². The number of fused-ring (bicyclic) bond motifs is 1. The minimum Gasteiger partial charge on any atom is -0.492 e. The van der Waals surface area contributed by atoms with Crippen LogP contribution in [0.5, 0.6) is 5.75 Å². The van der Waals surface area contributed by atoms with Crippen molar-refractivity contribution < 1.29 is 19.0 Å². The molecule has 2 atom stereocenters. The van der Waals surface area contributed by atoms with Crippen LogP contribution >= 0.6 is 0 Å². The Morgan fingerprint density at radius 3 is 2.92 bits per heavy atom. The zero-order valence-corrected chi connectivity index (χ0v) is 15.3. The molecule has 25 heavy (non-hydrogen) atoms. The molecule has 0 spiro atoms. The summed E-state index contributed by atoms with van der Waals surface area (Å²) in [5, 5.41) is 0. The second-order valence-corrected chi connectivity index (χ2v) is 6.82. The van der Waals surface area contributed by atoms with Crippen LogP contribution in [0, 0.1) is 5.92 Å². The number of carbonyl (C=O) groups excluding carboxylic acids is 1. The van der Waals surface area contributed by atoms with Gasteiger partial charge in [-0.3, -0.25) is 4.90 Å². The predicted molar refractivity (Wildman–Crippen MR) is 96.0 cm³/mol. The van der Waals surface area contributed by atoms with E-state index in [4.69, 9.17) is 14.2 Å². The standard InChI is InChI=1S/C20H29NO4/c1-3-18-17-8-7-16(20(22)24-4-2)12-19(17)25-11-9-21(18)13-15-6-5-10-23-14-15/h7-8,12,15,18H,3-6,9-11,13-14H2,1-2H3. The van der Waals surface area contributed by atoms with Gasteiger partial charge in [0.05, 0.1) is 18.8 Å². The molecule has 0 amide bonds. The van der Waals surface area contributed by atoms with Crippen molar-refractivity contribution in [1.29, 1.82) is 0 Å². The Morgan fingerprint density at radius 1 is 1.32 bits per heavy atom. The third-order valence-electron chi connectivity index (χ3n) is 5.09. The largest absolute Gasteiger partial charge is 0.492 e. The zero-order valence-electron chi connectivity index (χ0n) is 15.3. The molecule has 0 N–H and O–H groups in total. The van der Waals surface area contributed by atoms with E-state index in [9.17, 15) is 4.79 Å². The molecular weight excluding hydrogens is 318 g/mol. The molecule has 1 fully saturated rings. The Morgan fingerprint density at radius 2 is 2.20 bits per heavy atom. The van der Waals surface area contributed by atoms with Crippen molar-refractivity contribution in [2.45, 2.75) is 39.2 Å². The fraction of sp³-hybridized carbons (Fsp3) is 0.650. The van der Waals surface area contributed by atoms with E-state index in [2.05, 4.69) is 11.8 Å². The summed E-state index contributed by atoms with van der Waals surface area (Å²) in [6, 6.07) is 6.04. The van der Waals surface area contributed by atoms with Crippen molar-refractivity contribution in [3.8, 4) is 5.75 Å². The summed E-state index contributed by atoms with van der Waals surface area (Å²) in [6.07, 6.45) is 3.41. The quantitative estimate of drug-likeness (QED) is 0.764. The first-order chi connectivity index (χ1) is 12.2. The molecule has 1 aromatic carbocycles. The van der Waals surface area contributed by atoms with Gasteiger partial charge in [0.15, 0.2) is 0 Å². The molecule has 138 valence electrons. The summed E-state index contributed by atoms with van der Waals surface area (Å²) in [5.41, 5.74) is 1.73. The summed E-state index contributed by atoms with van der Waals surface area (Å²) in [7, 11) is 0. The van der Waals surface area contributed by atoms with E-state index in [1.54, 1.807) is 0 Å². The van der Waals surface area contributed by atoms with Crippen molar-refractivity contribution in [2.24, 2.45) is 5.92 Å². The summed E-state index contributed by atoms with van der Waals surface area (Å²) >= 11 is 0. The van der Waals surface area contributed by atoms with Crippen LogP contribution < -0.4 is 4.74 Å². The molecule has 5 nitrogen and oxygen atoms in total. The highest BCUT2D eigenvalue weighted by molar-refractivity contribution is 5.90. The molecule has 1 aromatic rings. The van der Waals surface area contributed by atoms with Crippen LogP contribution in [0.2, 0.25) is 0 Å². The van der Waals surface area contributed by atoms with E-state index in [-0.39, 0.29) is 5.97 Å². The third kappa shape index (κ3) is 4.33. The monoisotopic (exact) mass is 347 g/mol. The summed E-state index contributed by atoms with van der Waals surface area (Å²) in [5.74, 6) is 1.13. The lowest BCUT2D eigenvalue weighted by Gasteiger charge is -2.33. The van der Waals surface area contributed by atoms with Gasteiger partial charge in [-0.2, -0.15) is 0 Å². The Balaban J connectivity index is 1.79. The van der Waals surface area contributed by atoms with Crippen molar-refractivity contribution in [2.75, 3.05) is 39.5 Å². The van der Waals surface area contributed by atoms with E-state index in [0.717, 1.165) is 44.9 Å². The lowest BCUT2D eigenvalue weighted by atomic mass is 9.96. The highest BCUT2D eigenvalue weighted by Gasteiger charge is 2.28. The Kier molecular flexibility index (Phi) is 6.32. The molecule has 2 heterocycles. The number of benzene rings is 1. The maximum Gasteiger partial charge on any atom is 0.338 e.